The van der Waals surface area contributed by atoms with Gasteiger partial charge in [0.2, 0.25) is 5.88 Å². The number of nitrogens with zero attached hydrogens (tertiary/aromatic N) is 2. The minimum absolute atomic E-state index is 0.340. The van der Waals surface area contributed by atoms with Crippen molar-refractivity contribution in [1.82, 2.24) is 9.97 Å². The van der Waals surface area contributed by atoms with Crippen LogP contribution < -0.4 is 10.5 Å². The lowest BCUT2D eigenvalue weighted by molar-refractivity contribution is 0.466. The van der Waals surface area contributed by atoms with E-state index in [-0.39, 0.29) is 0 Å². The minimum Gasteiger partial charge on any atom is -0.437 e. The van der Waals surface area contributed by atoms with Crippen LogP contribution in [0.1, 0.15) is 13.8 Å². The molecule has 20 heavy (non-hydrogen) atoms. The molecule has 0 saturated heterocycles. The van der Waals surface area contributed by atoms with Crippen molar-refractivity contribution in [3.63, 3.8) is 0 Å². The molecule has 1 heterocycles. The van der Waals surface area contributed by atoms with Gasteiger partial charge >= 0.3 is 0 Å². The number of fused-ring (bicyclic) bond motifs is 1. The molecule has 3 aromatic rings. The fraction of sp³-hybridized carbons (Fsp3) is 0.125. The molecule has 4 heteroatoms. The summed E-state index contributed by atoms with van der Waals surface area (Å²) in [7, 11) is 0. The van der Waals surface area contributed by atoms with Gasteiger partial charge < -0.3 is 10.5 Å². The third-order valence-corrected chi connectivity index (χ3v) is 2.60. The van der Waals surface area contributed by atoms with Gasteiger partial charge in [-0.25, -0.2) is 0 Å². The summed E-state index contributed by atoms with van der Waals surface area (Å²) in [5, 5.41) is 2.15. The van der Waals surface area contributed by atoms with Crippen LogP contribution in [0, 0.1) is 0 Å². The van der Waals surface area contributed by atoms with Gasteiger partial charge in [0.15, 0.2) is 0 Å². The number of nitrogen functional groups attached to an aromatic ring is 1. The van der Waals surface area contributed by atoms with E-state index in [1.807, 2.05) is 56.3 Å². The molecule has 1 aromatic heterocycles. The quantitative estimate of drug-likeness (QED) is 0.761. The second kappa shape index (κ2) is 6.52. The number of nitrogens with two attached hydrogens (primary N) is 1. The Morgan fingerprint density at radius 2 is 1.70 bits per heavy atom. The van der Waals surface area contributed by atoms with Gasteiger partial charge in [0, 0.05) is 5.39 Å². The van der Waals surface area contributed by atoms with E-state index in [0.717, 1.165) is 16.5 Å². The lowest BCUT2D eigenvalue weighted by Crippen LogP contribution is -1.94. The molecule has 3 rings (SSSR count). The maximum absolute atomic E-state index is 5.72. The van der Waals surface area contributed by atoms with E-state index in [9.17, 15) is 0 Å². The van der Waals surface area contributed by atoms with Crippen LogP contribution in [-0.2, 0) is 0 Å². The van der Waals surface area contributed by atoms with Gasteiger partial charge in [-0.05, 0) is 11.5 Å². The van der Waals surface area contributed by atoms with Crippen molar-refractivity contribution in [2.75, 3.05) is 5.73 Å². The van der Waals surface area contributed by atoms with Crippen LogP contribution >= 0.6 is 0 Å². The van der Waals surface area contributed by atoms with Crippen molar-refractivity contribution in [1.29, 1.82) is 0 Å². The zero-order chi connectivity index (χ0) is 14.4. The van der Waals surface area contributed by atoms with Gasteiger partial charge in [-0.1, -0.05) is 50.2 Å². The van der Waals surface area contributed by atoms with Gasteiger partial charge in [0.05, 0.1) is 12.4 Å². The van der Waals surface area contributed by atoms with Crippen LogP contribution in [0.15, 0.2) is 54.9 Å². The van der Waals surface area contributed by atoms with Crippen molar-refractivity contribution < 1.29 is 4.74 Å². The van der Waals surface area contributed by atoms with Crippen LogP contribution in [0.3, 0.4) is 0 Å². The number of hydrogen-bond donors (Lipinski definition) is 1. The van der Waals surface area contributed by atoms with Crippen molar-refractivity contribution in [3.8, 4) is 11.6 Å². The first-order chi connectivity index (χ1) is 9.83. The Kier molecular flexibility index (Phi) is 4.50. The maximum atomic E-state index is 5.72. The fourth-order valence-electron chi connectivity index (χ4n) is 1.81. The summed E-state index contributed by atoms with van der Waals surface area (Å²) in [6.07, 6.45) is 3.02. The van der Waals surface area contributed by atoms with Crippen molar-refractivity contribution >= 4 is 16.6 Å². The predicted octanol–water partition coefficient (Wildman–Crippen LogP) is 4.03. The summed E-state index contributed by atoms with van der Waals surface area (Å²) in [5.74, 6) is 1.48. The van der Waals surface area contributed by atoms with Gasteiger partial charge in [-0.15, -0.1) is 0 Å². The molecule has 0 radical (unpaired) electrons. The van der Waals surface area contributed by atoms with Crippen molar-refractivity contribution in [3.05, 3.63) is 54.9 Å². The molecule has 0 aliphatic carbocycles. The van der Waals surface area contributed by atoms with E-state index >= 15 is 0 Å². The van der Waals surface area contributed by atoms with Gasteiger partial charge in [0.1, 0.15) is 11.6 Å². The normalized spacial score (nSPS) is 9.70. The average Bonchev–Trinajstić information content (AvgIpc) is 2.50. The van der Waals surface area contributed by atoms with E-state index < -0.39 is 0 Å². The molecule has 0 amide bonds. The molecular weight excluding hydrogens is 250 g/mol. The van der Waals surface area contributed by atoms with Gasteiger partial charge in [-0.3, -0.25) is 4.98 Å². The first kappa shape index (κ1) is 13.8. The van der Waals surface area contributed by atoms with Crippen LogP contribution in [0.5, 0.6) is 11.6 Å². The number of ether oxygens (including phenoxy) is 1. The third-order valence-electron chi connectivity index (χ3n) is 2.60. The second-order valence-corrected chi connectivity index (χ2v) is 3.86. The molecular formula is C16H17N3O. The lowest BCUT2D eigenvalue weighted by Gasteiger charge is -2.07. The fourth-order valence-corrected chi connectivity index (χ4v) is 1.81. The monoisotopic (exact) mass is 267 g/mol. The summed E-state index contributed by atoms with van der Waals surface area (Å²) in [6, 6.07) is 13.9. The molecule has 4 nitrogen and oxygen atoms in total. The molecule has 0 aliphatic rings. The molecule has 0 fully saturated rings. The van der Waals surface area contributed by atoms with E-state index in [1.165, 1.54) is 12.4 Å². The number of benzene rings is 2. The summed E-state index contributed by atoms with van der Waals surface area (Å²) < 4.78 is 5.72. The largest absolute Gasteiger partial charge is 0.437 e. The highest BCUT2D eigenvalue weighted by Crippen LogP contribution is 2.28. The molecule has 102 valence electrons. The van der Waals surface area contributed by atoms with E-state index in [1.54, 1.807) is 0 Å². The number of hydrogen-bond acceptors (Lipinski definition) is 4. The Bertz CT molecular complexity index is 693. The van der Waals surface area contributed by atoms with Crippen molar-refractivity contribution in [2.24, 2.45) is 0 Å². The van der Waals surface area contributed by atoms with E-state index in [4.69, 9.17) is 10.5 Å². The summed E-state index contributed by atoms with van der Waals surface area (Å²) in [6.45, 7) is 4.00. The highest BCUT2D eigenvalue weighted by molar-refractivity contribution is 5.88. The topological polar surface area (TPSA) is 61.0 Å². The average molecular weight is 267 g/mol. The third kappa shape index (κ3) is 3.03. The Labute approximate surface area is 118 Å². The minimum atomic E-state index is 0.340. The summed E-state index contributed by atoms with van der Waals surface area (Å²) in [4.78, 5) is 8.02. The number of rotatable bonds is 2. The van der Waals surface area contributed by atoms with E-state index in [2.05, 4.69) is 9.97 Å². The summed E-state index contributed by atoms with van der Waals surface area (Å²) in [5.41, 5.74) is 5.57. The zero-order valence-electron chi connectivity index (χ0n) is 11.6. The number of anilines is 1. The highest BCUT2D eigenvalue weighted by atomic mass is 16.5. The first-order valence-corrected chi connectivity index (χ1v) is 6.56. The molecule has 0 atom stereocenters. The smallest absolute Gasteiger partial charge is 0.239 e. The van der Waals surface area contributed by atoms with Crippen molar-refractivity contribution in [2.45, 2.75) is 13.8 Å². The van der Waals surface area contributed by atoms with E-state index in [0.29, 0.717) is 11.7 Å². The second-order valence-electron chi connectivity index (χ2n) is 3.86. The van der Waals surface area contributed by atoms with Crippen LogP contribution in [-0.4, -0.2) is 9.97 Å². The molecule has 0 bridgehead atoms. The summed E-state index contributed by atoms with van der Waals surface area (Å²) >= 11 is 0. The first-order valence-electron chi connectivity index (χ1n) is 6.56. The zero-order valence-corrected chi connectivity index (χ0v) is 11.6. The Hall–Kier alpha value is -2.62. The van der Waals surface area contributed by atoms with Crippen LogP contribution in [0.4, 0.5) is 5.82 Å². The molecule has 0 spiro atoms. The van der Waals surface area contributed by atoms with Crippen LogP contribution in [0.2, 0.25) is 0 Å². The molecule has 0 aliphatic heterocycles. The van der Waals surface area contributed by atoms with Gasteiger partial charge in [0.25, 0.3) is 0 Å². The molecule has 2 N–H and O–H groups in total. The standard InChI is InChI=1S/C14H11N3O.C2H6/c15-13-8-16-9-14(17-13)18-12-7-3-5-10-4-1-2-6-11(10)12;1-2/h1-9H,(H2,15,17);1-2H3. The molecule has 0 saturated carbocycles. The highest BCUT2D eigenvalue weighted by Gasteiger charge is 2.04. The Morgan fingerprint density at radius 3 is 2.50 bits per heavy atom. The molecule has 0 unspecified atom stereocenters. The molecule has 2 aromatic carbocycles. The predicted molar refractivity (Wildman–Crippen MR) is 81.8 cm³/mol. The lowest BCUT2D eigenvalue weighted by atomic mass is 10.1. The maximum Gasteiger partial charge on any atom is 0.239 e. The Morgan fingerprint density at radius 1 is 0.950 bits per heavy atom. The van der Waals surface area contributed by atoms with Crippen LogP contribution in [0.25, 0.3) is 10.8 Å². The Balaban J connectivity index is 0.000000704. The van der Waals surface area contributed by atoms with Gasteiger partial charge in [-0.2, -0.15) is 4.98 Å². The number of aromatic nitrogens is 2. The SMILES string of the molecule is CC.Nc1cncc(Oc2cccc3ccccc23)n1.